The van der Waals surface area contributed by atoms with Gasteiger partial charge in [-0.1, -0.05) is 6.07 Å². The van der Waals surface area contributed by atoms with Crippen molar-refractivity contribution in [2.45, 2.75) is 25.3 Å². The van der Waals surface area contributed by atoms with E-state index in [-0.39, 0.29) is 17.8 Å². The monoisotopic (exact) mass is 236 g/mol. The van der Waals surface area contributed by atoms with Crippen molar-refractivity contribution in [2.75, 3.05) is 18.5 Å². The molecule has 0 aromatic heterocycles. The van der Waals surface area contributed by atoms with Gasteiger partial charge in [0.1, 0.15) is 5.82 Å². The number of nitrogens with zero attached hydrogens (tertiary/aromatic N) is 1. The van der Waals surface area contributed by atoms with Crippen molar-refractivity contribution in [1.82, 2.24) is 5.32 Å². The molecule has 1 aromatic carbocycles. The topological polar surface area (TPSA) is 32.3 Å². The Hall–Kier alpha value is -1.42. The lowest BCUT2D eigenvalue weighted by atomic mass is 10.1. The highest BCUT2D eigenvalue weighted by Gasteiger charge is 2.20. The van der Waals surface area contributed by atoms with E-state index in [1.54, 1.807) is 19.2 Å². The summed E-state index contributed by atoms with van der Waals surface area (Å²) in [5.74, 6) is -0.295. The van der Waals surface area contributed by atoms with Gasteiger partial charge in [-0.3, -0.25) is 4.79 Å². The zero-order valence-corrected chi connectivity index (χ0v) is 9.95. The minimum absolute atomic E-state index is 0.0231. The zero-order valence-electron chi connectivity index (χ0n) is 9.95. The lowest BCUT2D eigenvalue weighted by molar-refractivity contribution is -0.118. The summed E-state index contributed by atoms with van der Waals surface area (Å²) in [6, 6.07) is 6.38. The standard InChI is InChI=1S/C13H17FN2O/c1-16(12-6-2-4-10(14)8-12)13(17)9-11-5-3-7-15-11/h2,4,6,8,11,15H,3,5,7,9H2,1H3. The summed E-state index contributed by atoms with van der Waals surface area (Å²) in [6.07, 6.45) is 2.65. The normalized spacial score (nSPS) is 19.3. The first-order valence-corrected chi connectivity index (χ1v) is 5.92. The number of anilines is 1. The van der Waals surface area contributed by atoms with Crippen LogP contribution in [0.1, 0.15) is 19.3 Å². The van der Waals surface area contributed by atoms with Crippen LogP contribution in [0.25, 0.3) is 0 Å². The second-order valence-corrected chi connectivity index (χ2v) is 4.43. The molecule has 1 N–H and O–H groups in total. The van der Waals surface area contributed by atoms with Crippen LogP contribution < -0.4 is 10.2 Å². The highest BCUT2D eigenvalue weighted by atomic mass is 19.1. The molecule has 17 heavy (non-hydrogen) atoms. The van der Waals surface area contributed by atoms with Gasteiger partial charge < -0.3 is 10.2 Å². The lowest BCUT2D eigenvalue weighted by Crippen LogP contribution is -2.33. The van der Waals surface area contributed by atoms with Crippen LogP contribution in [0.4, 0.5) is 10.1 Å². The van der Waals surface area contributed by atoms with Crippen LogP contribution in [0, 0.1) is 5.82 Å². The second-order valence-electron chi connectivity index (χ2n) is 4.43. The Morgan fingerprint density at radius 1 is 1.59 bits per heavy atom. The first-order valence-electron chi connectivity index (χ1n) is 5.92. The van der Waals surface area contributed by atoms with E-state index in [4.69, 9.17) is 0 Å². The van der Waals surface area contributed by atoms with Crippen LogP contribution in [-0.4, -0.2) is 25.5 Å². The van der Waals surface area contributed by atoms with Gasteiger partial charge in [0.25, 0.3) is 0 Å². The van der Waals surface area contributed by atoms with Crippen molar-refractivity contribution in [3.63, 3.8) is 0 Å². The maximum atomic E-state index is 13.0. The molecule has 4 heteroatoms. The van der Waals surface area contributed by atoms with Crippen molar-refractivity contribution < 1.29 is 9.18 Å². The summed E-state index contributed by atoms with van der Waals surface area (Å²) in [4.78, 5) is 13.5. The van der Waals surface area contributed by atoms with Gasteiger partial charge >= 0.3 is 0 Å². The van der Waals surface area contributed by atoms with Crippen molar-refractivity contribution in [2.24, 2.45) is 0 Å². The Morgan fingerprint density at radius 3 is 3.06 bits per heavy atom. The summed E-state index contributed by atoms with van der Waals surface area (Å²) in [7, 11) is 1.69. The third-order valence-corrected chi connectivity index (χ3v) is 3.15. The first kappa shape index (κ1) is 12.0. The fraction of sp³-hybridized carbons (Fsp3) is 0.462. The Kier molecular flexibility index (Phi) is 3.74. The van der Waals surface area contributed by atoms with Gasteiger partial charge in [0, 0.05) is 25.2 Å². The van der Waals surface area contributed by atoms with Gasteiger partial charge in [0.05, 0.1) is 0 Å². The SMILES string of the molecule is CN(C(=O)CC1CCCN1)c1cccc(F)c1. The molecule has 1 heterocycles. The molecule has 0 radical (unpaired) electrons. The van der Waals surface area contributed by atoms with E-state index in [9.17, 15) is 9.18 Å². The fourth-order valence-corrected chi connectivity index (χ4v) is 2.11. The third-order valence-electron chi connectivity index (χ3n) is 3.15. The van der Waals surface area contributed by atoms with Gasteiger partial charge in [-0.2, -0.15) is 0 Å². The molecule has 1 saturated heterocycles. The Balaban J connectivity index is 1.98. The Labute approximate surface area is 101 Å². The molecule has 0 saturated carbocycles. The van der Waals surface area contributed by atoms with E-state index in [0.29, 0.717) is 12.1 Å². The van der Waals surface area contributed by atoms with Gasteiger partial charge in [-0.05, 0) is 37.6 Å². The number of hydrogen-bond acceptors (Lipinski definition) is 2. The van der Waals surface area contributed by atoms with E-state index in [1.807, 2.05) is 0 Å². The molecule has 1 aliphatic heterocycles. The summed E-state index contributed by atoms with van der Waals surface area (Å²) >= 11 is 0. The van der Waals surface area contributed by atoms with Crippen molar-refractivity contribution >= 4 is 11.6 Å². The summed E-state index contributed by atoms with van der Waals surface area (Å²) in [5.41, 5.74) is 0.605. The molecule has 0 bridgehead atoms. The third kappa shape index (κ3) is 3.03. The van der Waals surface area contributed by atoms with Crippen molar-refractivity contribution in [3.05, 3.63) is 30.1 Å². The van der Waals surface area contributed by atoms with E-state index in [0.717, 1.165) is 19.4 Å². The van der Waals surface area contributed by atoms with Crippen molar-refractivity contribution in [1.29, 1.82) is 0 Å². The van der Waals surface area contributed by atoms with Gasteiger partial charge in [-0.25, -0.2) is 4.39 Å². The molecule has 0 spiro atoms. The molecular weight excluding hydrogens is 219 g/mol. The average Bonchev–Trinajstić information content (AvgIpc) is 2.80. The maximum Gasteiger partial charge on any atom is 0.228 e. The Bertz CT molecular complexity index is 402. The van der Waals surface area contributed by atoms with Crippen LogP contribution in [0.3, 0.4) is 0 Å². The van der Waals surface area contributed by atoms with Crippen LogP contribution in [0.15, 0.2) is 24.3 Å². The van der Waals surface area contributed by atoms with Crippen LogP contribution in [-0.2, 0) is 4.79 Å². The molecule has 1 amide bonds. The fourth-order valence-electron chi connectivity index (χ4n) is 2.11. The van der Waals surface area contributed by atoms with E-state index in [1.165, 1.54) is 17.0 Å². The van der Waals surface area contributed by atoms with E-state index < -0.39 is 0 Å². The van der Waals surface area contributed by atoms with Crippen LogP contribution in [0.5, 0.6) is 0 Å². The number of halogens is 1. The van der Waals surface area contributed by atoms with E-state index >= 15 is 0 Å². The number of benzene rings is 1. The molecule has 1 aliphatic rings. The molecule has 0 aliphatic carbocycles. The molecule has 92 valence electrons. The molecule has 1 aromatic rings. The zero-order chi connectivity index (χ0) is 12.3. The van der Waals surface area contributed by atoms with E-state index in [2.05, 4.69) is 5.32 Å². The number of carbonyl (C=O) groups is 1. The predicted molar refractivity (Wildman–Crippen MR) is 65.5 cm³/mol. The quantitative estimate of drug-likeness (QED) is 0.869. The number of carbonyl (C=O) groups excluding carboxylic acids is 1. The van der Waals surface area contributed by atoms with Gasteiger partial charge in [0.15, 0.2) is 0 Å². The van der Waals surface area contributed by atoms with Crippen LogP contribution >= 0.6 is 0 Å². The maximum absolute atomic E-state index is 13.0. The van der Waals surface area contributed by atoms with Crippen molar-refractivity contribution in [3.8, 4) is 0 Å². The number of rotatable bonds is 3. The highest BCUT2D eigenvalue weighted by molar-refractivity contribution is 5.93. The molecule has 1 atom stereocenters. The van der Waals surface area contributed by atoms with Gasteiger partial charge in [0.2, 0.25) is 5.91 Å². The second kappa shape index (κ2) is 5.27. The lowest BCUT2D eigenvalue weighted by Gasteiger charge is -2.19. The number of hydrogen-bond donors (Lipinski definition) is 1. The molecule has 3 nitrogen and oxygen atoms in total. The largest absolute Gasteiger partial charge is 0.315 e. The molecular formula is C13H17FN2O. The molecule has 1 unspecified atom stereocenters. The summed E-state index contributed by atoms with van der Waals surface area (Å²) in [6.45, 7) is 0.988. The number of nitrogens with one attached hydrogen (secondary N) is 1. The first-order chi connectivity index (χ1) is 8.16. The minimum Gasteiger partial charge on any atom is -0.315 e. The molecule has 2 rings (SSSR count). The average molecular weight is 236 g/mol. The Morgan fingerprint density at radius 2 is 2.41 bits per heavy atom. The van der Waals surface area contributed by atoms with Crippen LogP contribution in [0.2, 0.25) is 0 Å². The minimum atomic E-state index is -0.318. The van der Waals surface area contributed by atoms with Gasteiger partial charge in [-0.15, -0.1) is 0 Å². The highest BCUT2D eigenvalue weighted by Crippen LogP contribution is 2.17. The number of amides is 1. The summed E-state index contributed by atoms with van der Waals surface area (Å²) in [5, 5.41) is 3.28. The summed E-state index contributed by atoms with van der Waals surface area (Å²) < 4.78 is 13.0. The smallest absolute Gasteiger partial charge is 0.228 e. The molecule has 1 fully saturated rings. The predicted octanol–water partition coefficient (Wildman–Crippen LogP) is 1.93.